The molecule has 0 radical (unpaired) electrons. The summed E-state index contributed by atoms with van der Waals surface area (Å²) in [5.74, 6) is 0.136. The summed E-state index contributed by atoms with van der Waals surface area (Å²) in [6.45, 7) is 7.96. The first-order valence-corrected chi connectivity index (χ1v) is 11.4. The van der Waals surface area contributed by atoms with Gasteiger partial charge in [0.1, 0.15) is 18.5 Å². The van der Waals surface area contributed by atoms with Gasteiger partial charge in [0.15, 0.2) is 6.21 Å². The molecule has 178 valence electrons. The van der Waals surface area contributed by atoms with Crippen LogP contribution in [0.3, 0.4) is 0 Å². The predicted octanol–water partition coefficient (Wildman–Crippen LogP) is 5.14. The number of anilines is 1. The highest BCUT2D eigenvalue weighted by Crippen LogP contribution is 2.27. The molecule has 0 aliphatic carbocycles. The number of carbonyl (C=O) groups is 1. The smallest absolute Gasteiger partial charge is 0.410 e. The fourth-order valence-electron chi connectivity index (χ4n) is 4.07. The minimum atomic E-state index is -0.475. The Hall–Kier alpha value is -3.09. The fourth-order valence-corrected chi connectivity index (χ4v) is 4.07. The summed E-state index contributed by atoms with van der Waals surface area (Å²) in [7, 11) is 3.42. The molecule has 1 saturated heterocycles. The molecule has 0 aromatic heterocycles. The molecule has 0 saturated carbocycles. The van der Waals surface area contributed by atoms with Crippen molar-refractivity contribution in [1.82, 2.24) is 4.90 Å². The normalized spacial score (nSPS) is 15.5. The Morgan fingerprint density at radius 1 is 1.21 bits per heavy atom. The van der Waals surface area contributed by atoms with E-state index in [9.17, 15) is 14.4 Å². The maximum absolute atomic E-state index is 14.5. The monoisotopic (exact) mass is 455 g/mol. The van der Waals surface area contributed by atoms with E-state index in [1.165, 1.54) is 19.3 Å². The summed E-state index contributed by atoms with van der Waals surface area (Å²) in [5.41, 5.74) is 2.41. The molecule has 0 atom stereocenters. The van der Waals surface area contributed by atoms with Gasteiger partial charge in [-0.1, -0.05) is 18.2 Å². The van der Waals surface area contributed by atoms with Gasteiger partial charge in [-0.2, -0.15) is 0 Å². The number of hydrogen-bond donors (Lipinski definition) is 0. The number of halogens is 1. The van der Waals surface area contributed by atoms with E-state index in [2.05, 4.69) is 11.9 Å². The second-order valence-electron chi connectivity index (χ2n) is 9.75. The van der Waals surface area contributed by atoms with Crippen LogP contribution in [0.1, 0.15) is 39.2 Å². The number of piperidine rings is 1. The Morgan fingerprint density at radius 3 is 2.39 bits per heavy atom. The summed E-state index contributed by atoms with van der Waals surface area (Å²) in [4.78, 5) is 16.3. The zero-order valence-corrected chi connectivity index (χ0v) is 20.2. The standard InChI is InChI=1S/C26H34FN3O3/c1-26(2,3)33-25(31)30-14-12-19(13-15-30)17-28(4)22-9-7-21(8-10-22)23-11-6-20(16-24(23)27)18-29(5)32/h6-11,16,18-19H,12-15,17H2,1-5H3/b29-18-. The molecule has 3 rings (SSSR count). The van der Waals surface area contributed by atoms with Crippen LogP contribution in [0.25, 0.3) is 11.1 Å². The van der Waals surface area contributed by atoms with Gasteiger partial charge in [0.25, 0.3) is 0 Å². The molecule has 0 spiro atoms. The van der Waals surface area contributed by atoms with Gasteiger partial charge in [-0.25, -0.2) is 13.9 Å². The van der Waals surface area contributed by atoms with Crippen LogP contribution >= 0.6 is 0 Å². The van der Waals surface area contributed by atoms with Gasteiger partial charge >= 0.3 is 6.09 Å². The summed E-state index contributed by atoms with van der Waals surface area (Å²) >= 11 is 0. The maximum atomic E-state index is 14.5. The third-order valence-electron chi connectivity index (χ3n) is 5.74. The van der Waals surface area contributed by atoms with Crippen molar-refractivity contribution in [3.8, 4) is 11.1 Å². The number of rotatable bonds is 5. The van der Waals surface area contributed by atoms with E-state index in [4.69, 9.17) is 4.74 Å². The van der Waals surface area contributed by atoms with Crippen molar-refractivity contribution in [2.24, 2.45) is 5.92 Å². The molecule has 1 aliphatic rings. The van der Waals surface area contributed by atoms with Crippen LogP contribution in [0.4, 0.5) is 14.9 Å². The lowest BCUT2D eigenvalue weighted by molar-refractivity contribution is -0.416. The van der Waals surface area contributed by atoms with Crippen molar-refractivity contribution in [3.05, 3.63) is 59.1 Å². The molecule has 0 unspecified atom stereocenters. The molecule has 0 N–H and O–H groups in total. The van der Waals surface area contributed by atoms with Crippen LogP contribution in [0.2, 0.25) is 0 Å². The van der Waals surface area contributed by atoms with E-state index in [0.717, 1.165) is 30.6 Å². The van der Waals surface area contributed by atoms with Crippen molar-refractivity contribution in [3.63, 3.8) is 0 Å². The number of ether oxygens (including phenoxy) is 1. The largest absolute Gasteiger partial charge is 0.624 e. The molecule has 1 aliphatic heterocycles. The lowest BCUT2D eigenvalue weighted by Crippen LogP contribution is -2.43. The number of nitrogens with zero attached hydrogens (tertiary/aromatic N) is 3. The van der Waals surface area contributed by atoms with Gasteiger partial charge in [-0.3, -0.25) is 0 Å². The van der Waals surface area contributed by atoms with E-state index in [1.54, 1.807) is 17.0 Å². The third kappa shape index (κ3) is 6.94. The van der Waals surface area contributed by atoms with Crippen molar-refractivity contribution in [2.75, 3.05) is 38.6 Å². The second kappa shape index (κ2) is 10.2. The number of likely N-dealkylation sites (tertiary alicyclic amines) is 1. The Balaban J connectivity index is 1.56. The van der Waals surface area contributed by atoms with E-state index < -0.39 is 5.60 Å². The third-order valence-corrected chi connectivity index (χ3v) is 5.74. The average Bonchev–Trinajstić information content (AvgIpc) is 2.73. The number of amides is 1. The highest BCUT2D eigenvalue weighted by Gasteiger charge is 2.27. The zero-order chi connectivity index (χ0) is 24.2. The van der Waals surface area contributed by atoms with Crippen molar-refractivity contribution >= 4 is 18.0 Å². The minimum absolute atomic E-state index is 0.233. The summed E-state index contributed by atoms with van der Waals surface area (Å²) in [5, 5.41) is 11.1. The summed E-state index contributed by atoms with van der Waals surface area (Å²) in [6, 6.07) is 12.6. The van der Waals surface area contributed by atoms with Gasteiger partial charge in [0, 0.05) is 43.5 Å². The van der Waals surface area contributed by atoms with Gasteiger partial charge < -0.3 is 19.7 Å². The molecule has 1 fully saturated rings. The zero-order valence-electron chi connectivity index (χ0n) is 20.2. The number of hydroxylamine groups is 1. The summed E-state index contributed by atoms with van der Waals surface area (Å²) < 4.78 is 20.7. The number of hydrogen-bond acceptors (Lipinski definition) is 4. The maximum Gasteiger partial charge on any atom is 0.410 e. The topological polar surface area (TPSA) is 58.8 Å². The number of benzene rings is 2. The molecule has 33 heavy (non-hydrogen) atoms. The first-order chi connectivity index (χ1) is 15.5. The van der Waals surface area contributed by atoms with Gasteiger partial charge in [-0.05, 0) is 69.4 Å². The van der Waals surface area contributed by atoms with Crippen molar-refractivity contribution in [2.45, 2.75) is 39.2 Å². The highest BCUT2D eigenvalue weighted by atomic mass is 19.1. The second-order valence-corrected chi connectivity index (χ2v) is 9.75. The molecule has 6 nitrogen and oxygen atoms in total. The molecule has 1 amide bonds. The predicted molar refractivity (Wildman–Crippen MR) is 130 cm³/mol. The molecule has 2 aromatic rings. The van der Waals surface area contributed by atoms with Gasteiger partial charge in [0.2, 0.25) is 0 Å². The molecule has 1 heterocycles. The van der Waals surface area contributed by atoms with E-state index >= 15 is 0 Å². The quantitative estimate of drug-likeness (QED) is 0.271. The molecular formula is C26H34FN3O3. The van der Waals surface area contributed by atoms with Crippen LogP contribution < -0.4 is 4.90 Å². The first-order valence-electron chi connectivity index (χ1n) is 11.4. The molecule has 7 heteroatoms. The van der Waals surface area contributed by atoms with E-state index in [1.807, 2.05) is 45.0 Å². The van der Waals surface area contributed by atoms with Crippen LogP contribution in [0.5, 0.6) is 0 Å². The Kier molecular flexibility index (Phi) is 7.61. The fraction of sp³-hybridized carbons (Fsp3) is 0.462. The van der Waals surface area contributed by atoms with Crippen molar-refractivity contribution in [1.29, 1.82) is 0 Å². The Morgan fingerprint density at radius 2 is 1.85 bits per heavy atom. The molecule has 0 bridgehead atoms. The lowest BCUT2D eigenvalue weighted by atomic mass is 9.96. The van der Waals surface area contributed by atoms with E-state index in [-0.39, 0.29) is 11.9 Å². The van der Waals surface area contributed by atoms with Gasteiger partial charge in [-0.15, -0.1) is 0 Å². The molecular weight excluding hydrogens is 421 g/mol. The minimum Gasteiger partial charge on any atom is -0.624 e. The average molecular weight is 456 g/mol. The van der Waals surface area contributed by atoms with E-state index in [0.29, 0.717) is 34.9 Å². The Labute approximate surface area is 195 Å². The summed E-state index contributed by atoms with van der Waals surface area (Å²) in [6.07, 6.45) is 2.98. The van der Waals surface area contributed by atoms with Crippen LogP contribution in [0.15, 0.2) is 42.5 Å². The first kappa shape index (κ1) is 24.6. The van der Waals surface area contributed by atoms with Crippen LogP contribution in [-0.4, -0.2) is 61.3 Å². The SMILES string of the molecule is CN(CC1CCN(C(=O)OC(C)(C)C)CC1)c1ccc(-c2ccc(/C=[N+](/C)[O-])cc2F)cc1. The van der Waals surface area contributed by atoms with Crippen LogP contribution in [0, 0.1) is 16.9 Å². The highest BCUT2D eigenvalue weighted by molar-refractivity contribution is 5.78. The number of carbonyl (C=O) groups excluding carboxylic acids is 1. The Bertz CT molecular complexity index is 987. The van der Waals surface area contributed by atoms with Crippen molar-refractivity contribution < 1.29 is 18.7 Å². The van der Waals surface area contributed by atoms with Crippen LogP contribution in [-0.2, 0) is 4.74 Å². The molecule has 2 aromatic carbocycles. The lowest BCUT2D eigenvalue weighted by Gasteiger charge is -2.35. The van der Waals surface area contributed by atoms with Gasteiger partial charge in [0.05, 0.1) is 0 Å².